The average Bonchev–Trinajstić information content (AvgIpc) is 2.61. The number of methoxy groups -OCH3 is 1. The van der Waals surface area contributed by atoms with Crippen LogP contribution in [0.5, 0.6) is 0 Å². The lowest BCUT2D eigenvalue weighted by molar-refractivity contribution is -0.146. The molecule has 0 aromatic heterocycles. The number of esters is 1. The lowest BCUT2D eigenvalue weighted by atomic mass is 9.73. The number of carbonyl (C=O) groups excluding carboxylic acids is 2. The number of ether oxygens (including phenoxy) is 1. The fraction of sp³-hybridized carbons (Fsp3) is 0.667. The Morgan fingerprint density at radius 3 is 2.87 bits per heavy atom. The number of Topliss-reactive ketones (excluding diaryl/α,β-unsaturated/α-hetero) is 1. The molecule has 0 aromatic rings. The Hall–Kier alpha value is -1.12. The molecule has 0 aliphatic heterocycles. The van der Waals surface area contributed by atoms with Crippen LogP contribution in [0, 0.1) is 23.7 Å². The Labute approximate surface area is 89.5 Å². The summed E-state index contributed by atoms with van der Waals surface area (Å²) in [5.41, 5.74) is 0. The van der Waals surface area contributed by atoms with E-state index in [0.29, 0.717) is 12.2 Å². The molecule has 4 atom stereocenters. The van der Waals surface area contributed by atoms with Gasteiger partial charge in [0.2, 0.25) is 0 Å². The van der Waals surface area contributed by atoms with E-state index in [9.17, 15) is 9.59 Å². The molecule has 2 aliphatic rings. The molecule has 0 unspecified atom stereocenters. The van der Waals surface area contributed by atoms with Crippen LogP contribution in [0.3, 0.4) is 0 Å². The van der Waals surface area contributed by atoms with E-state index < -0.39 is 0 Å². The lowest BCUT2D eigenvalue weighted by Gasteiger charge is -2.30. The predicted molar refractivity (Wildman–Crippen MR) is 55.0 cm³/mol. The van der Waals surface area contributed by atoms with Crippen molar-refractivity contribution in [1.82, 2.24) is 0 Å². The summed E-state index contributed by atoms with van der Waals surface area (Å²) in [5, 5.41) is 0. The fourth-order valence-electron chi connectivity index (χ4n) is 2.93. The van der Waals surface area contributed by atoms with Gasteiger partial charge in [-0.05, 0) is 18.3 Å². The maximum atomic E-state index is 11.7. The molecule has 0 aromatic carbocycles. The fourth-order valence-corrected chi connectivity index (χ4v) is 2.93. The van der Waals surface area contributed by atoms with E-state index in [1.807, 2.05) is 19.1 Å². The number of fused-ring (bicyclic) bond motifs is 1. The van der Waals surface area contributed by atoms with Crippen LogP contribution in [-0.2, 0) is 14.3 Å². The van der Waals surface area contributed by atoms with Gasteiger partial charge in [0, 0.05) is 12.3 Å². The minimum absolute atomic E-state index is 0.0408. The Balaban J connectivity index is 2.26. The first-order valence-corrected chi connectivity index (χ1v) is 5.44. The molecule has 0 heterocycles. The SMILES string of the molecule is COC(=O)[C@@H]1C=C[C@H](C)[C@@H]2C(=O)CC[C@@H]21. The third-order valence-corrected chi connectivity index (χ3v) is 3.68. The van der Waals surface area contributed by atoms with E-state index in [0.717, 1.165) is 6.42 Å². The largest absolute Gasteiger partial charge is 0.469 e. The standard InChI is InChI=1S/C12H16O3/c1-7-3-4-9(12(14)15-2)8-5-6-10(13)11(7)8/h3-4,7-9,11H,5-6H2,1-2H3/t7-,8+,9+,11-/m0/s1. The minimum atomic E-state index is -0.206. The average molecular weight is 208 g/mol. The second-order valence-corrected chi connectivity index (χ2v) is 4.49. The third-order valence-electron chi connectivity index (χ3n) is 3.68. The number of carbonyl (C=O) groups is 2. The van der Waals surface area contributed by atoms with Crippen LogP contribution in [0.2, 0.25) is 0 Å². The molecule has 3 heteroatoms. The third kappa shape index (κ3) is 1.60. The van der Waals surface area contributed by atoms with Crippen molar-refractivity contribution in [3.8, 4) is 0 Å². The second kappa shape index (κ2) is 3.80. The van der Waals surface area contributed by atoms with Gasteiger partial charge in [-0.25, -0.2) is 0 Å². The van der Waals surface area contributed by atoms with Crippen molar-refractivity contribution in [2.24, 2.45) is 23.7 Å². The summed E-state index contributed by atoms with van der Waals surface area (Å²) >= 11 is 0. The number of rotatable bonds is 1. The van der Waals surface area contributed by atoms with Crippen LogP contribution < -0.4 is 0 Å². The normalized spacial score (nSPS) is 38.9. The van der Waals surface area contributed by atoms with Gasteiger partial charge in [-0.2, -0.15) is 0 Å². The van der Waals surface area contributed by atoms with Gasteiger partial charge in [0.25, 0.3) is 0 Å². The van der Waals surface area contributed by atoms with E-state index in [-0.39, 0.29) is 29.6 Å². The molecule has 0 radical (unpaired) electrons. The van der Waals surface area contributed by atoms with Gasteiger partial charge in [0.15, 0.2) is 0 Å². The Bertz CT molecular complexity index is 319. The summed E-state index contributed by atoms with van der Waals surface area (Å²) < 4.78 is 4.77. The molecule has 0 bridgehead atoms. The highest BCUT2D eigenvalue weighted by Crippen LogP contribution is 2.43. The van der Waals surface area contributed by atoms with Gasteiger partial charge < -0.3 is 4.74 Å². The molecule has 0 amide bonds. The molecule has 1 fully saturated rings. The summed E-state index contributed by atoms with van der Waals surface area (Å²) in [5.74, 6) is 0.381. The molecule has 2 aliphatic carbocycles. The first-order chi connectivity index (χ1) is 7.15. The Morgan fingerprint density at radius 1 is 1.47 bits per heavy atom. The van der Waals surface area contributed by atoms with Crippen LogP contribution in [-0.4, -0.2) is 18.9 Å². The monoisotopic (exact) mass is 208 g/mol. The first-order valence-electron chi connectivity index (χ1n) is 5.44. The van der Waals surface area contributed by atoms with Crippen molar-refractivity contribution in [1.29, 1.82) is 0 Å². The highest BCUT2D eigenvalue weighted by molar-refractivity contribution is 5.86. The smallest absolute Gasteiger partial charge is 0.312 e. The zero-order chi connectivity index (χ0) is 11.0. The van der Waals surface area contributed by atoms with Gasteiger partial charge in [0.05, 0.1) is 13.0 Å². The van der Waals surface area contributed by atoms with E-state index in [2.05, 4.69) is 0 Å². The van der Waals surface area contributed by atoms with Crippen LogP contribution >= 0.6 is 0 Å². The van der Waals surface area contributed by atoms with Crippen molar-refractivity contribution >= 4 is 11.8 Å². The van der Waals surface area contributed by atoms with Crippen LogP contribution in [0.1, 0.15) is 19.8 Å². The Kier molecular flexibility index (Phi) is 2.63. The molecule has 2 rings (SSSR count). The highest BCUT2D eigenvalue weighted by atomic mass is 16.5. The maximum absolute atomic E-state index is 11.7. The second-order valence-electron chi connectivity index (χ2n) is 4.49. The number of hydrogen-bond acceptors (Lipinski definition) is 3. The Morgan fingerprint density at radius 2 is 2.20 bits per heavy atom. The summed E-state index contributed by atoms with van der Waals surface area (Å²) in [6.07, 6.45) is 5.34. The number of ketones is 1. The van der Waals surface area contributed by atoms with E-state index in [4.69, 9.17) is 4.74 Å². The predicted octanol–water partition coefficient (Wildman–Crippen LogP) is 1.58. The molecule has 82 valence electrons. The molecule has 0 spiro atoms. The van der Waals surface area contributed by atoms with Crippen LogP contribution in [0.15, 0.2) is 12.2 Å². The van der Waals surface area contributed by atoms with Crippen molar-refractivity contribution < 1.29 is 14.3 Å². The van der Waals surface area contributed by atoms with Crippen molar-refractivity contribution in [3.63, 3.8) is 0 Å². The van der Waals surface area contributed by atoms with Gasteiger partial charge in [-0.3, -0.25) is 9.59 Å². The number of allylic oxidation sites excluding steroid dienone is 1. The zero-order valence-electron chi connectivity index (χ0n) is 9.10. The summed E-state index contributed by atoms with van der Waals surface area (Å²) in [7, 11) is 1.40. The molecule has 3 nitrogen and oxygen atoms in total. The van der Waals surface area contributed by atoms with Crippen LogP contribution in [0.4, 0.5) is 0 Å². The van der Waals surface area contributed by atoms with E-state index >= 15 is 0 Å². The van der Waals surface area contributed by atoms with Gasteiger partial charge in [0.1, 0.15) is 5.78 Å². The molecule has 1 saturated carbocycles. The minimum Gasteiger partial charge on any atom is -0.469 e. The van der Waals surface area contributed by atoms with Crippen molar-refractivity contribution in [2.45, 2.75) is 19.8 Å². The topological polar surface area (TPSA) is 43.4 Å². The van der Waals surface area contributed by atoms with Gasteiger partial charge in [-0.15, -0.1) is 0 Å². The summed E-state index contributed by atoms with van der Waals surface area (Å²) in [6, 6.07) is 0. The van der Waals surface area contributed by atoms with Gasteiger partial charge in [-0.1, -0.05) is 19.1 Å². The molecule has 0 saturated heterocycles. The van der Waals surface area contributed by atoms with Crippen molar-refractivity contribution in [2.75, 3.05) is 7.11 Å². The zero-order valence-corrected chi connectivity index (χ0v) is 9.10. The molecule has 15 heavy (non-hydrogen) atoms. The first kappa shape index (κ1) is 10.4. The lowest BCUT2D eigenvalue weighted by Crippen LogP contribution is -2.34. The summed E-state index contributed by atoms with van der Waals surface area (Å²) in [6.45, 7) is 2.05. The van der Waals surface area contributed by atoms with Crippen molar-refractivity contribution in [3.05, 3.63) is 12.2 Å². The molecular weight excluding hydrogens is 192 g/mol. The highest BCUT2D eigenvalue weighted by Gasteiger charge is 2.45. The van der Waals surface area contributed by atoms with Gasteiger partial charge >= 0.3 is 5.97 Å². The quantitative estimate of drug-likeness (QED) is 0.485. The molecule has 0 N–H and O–H groups in total. The number of hydrogen-bond donors (Lipinski definition) is 0. The molecular formula is C12H16O3. The maximum Gasteiger partial charge on any atom is 0.312 e. The van der Waals surface area contributed by atoms with Crippen LogP contribution in [0.25, 0.3) is 0 Å². The summed E-state index contributed by atoms with van der Waals surface area (Å²) in [4.78, 5) is 23.2. The van der Waals surface area contributed by atoms with E-state index in [1.165, 1.54) is 7.11 Å². The van der Waals surface area contributed by atoms with E-state index in [1.54, 1.807) is 0 Å².